The summed E-state index contributed by atoms with van der Waals surface area (Å²) >= 11 is 0. The number of amides is 1. The molecule has 4 unspecified atom stereocenters. The number of hydrogen-bond donors (Lipinski definition) is 1. The van der Waals surface area contributed by atoms with E-state index in [4.69, 9.17) is 4.74 Å². The number of benzene rings is 2. The van der Waals surface area contributed by atoms with E-state index >= 15 is 0 Å². The second-order valence-electron chi connectivity index (χ2n) is 8.02. The van der Waals surface area contributed by atoms with Gasteiger partial charge in [-0.3, -0.25) is 24.4 Å². The van der Waals surface area contributed by atoms with Crippen molar-refractivity contribution in [3.8, 4) is 0 Å². The van der Waals surface area contributed by atoms with Crippen LogP contribution in [0.3, 0.4) is 0 Å². The van der Waals surface area contributed by atoms with E-state index in [2.05, 4.69) is 10.3 Å². The van der Waals surface area contributed by atoms with Crippen LogP contribution in [0.4, 0.5) is 5.69 Å². The Labute approximate surface area is 171 Å². The van der Waals surface area contributed by atoms with Gasteiger partial charge in [0.1, 0.15) is 12.2 Å². The number of hydrogen-bond acceptors (Lipinski definition) is 6. The average Bonchev–Trinajstić information content (AvgIpc) is 3.34. The lowest BCUT2D eigenvalue weighted by atomic mass is 9.88. The van der Waals surface area contributed by atoms with Gasteiger partial charge in [-0.15, -0.1) is 0 Å². The standard InChI is InChI=1S/C22H18N4O4/c1-12-18(27)26-16-9-5-3-7-14(16)22(21(26)24-12)10-17(20(29)30-22)25-11-23-15-8-4-2-6-13(15)19(25)28/h2-9,11-12,17,21,24H,10H2,1H3. The molecule has 2 aromatic carbocycles. The predicted octanol–water partition coefficient (Wildman–Crippen LogP) is 1.44. The van der Waals surface area contributed by atoms with E-state index in [0.717, 1.165) is 11.3 Å². The number of nitrogens with one attached hydrogen (secondary N) is 1. The van der Waals surface area contributed by atoms with Crippen molar-refractivity contribution < 1.29 is 14.3 Å². The van der Waals surface area contributed by atoms with Gasteiger partial charge in [-0.25, -0.2) is 9.78 Å². The Bertz CT molecular complexity index is 1300. The molecule has 6 rings (SSSR count). The Morgan fingerprint density at radius 1 is 1.10 bits per heavy atom. The maximum Gasteiger partial charge on any atom is 0.330 e. The Morgan fingerprint density at radius 3 is 2.73 bits per heavy atom. The molecule has 2 fully saturated rings. The molecule has 1 amide bonds. The van der Waals surface area contributed by atoms with Crippen molar-refractivity contribution in [2.24, 2.45) is 0 Å². The summed E-state index contributed by atoms with van der Waals surface area (Å²) < 4.78 is 7.35. The number of ether oxygens (including phenoxy) is 1. The van der Waals surface area contributed by atoms with Crippen LogP contribution in [-0.4, -0.2) is 33.6 Å². The highest BCUT2D eigenvalue weighted by Gasteiger charge is 2.64. The fraction of sp³-hybridized carbons (Fsp3) is 0.273. The third-order valence-corrected chi connectivity index (χ3v) is 6.41. The van der Waals surface area contributed by atoms with Crippen LogP contribution in [0.15, 0.2) is 59.7 Å². The lowest BCUT2D eigenvalue weighted by molar-refractivity contribution is -0.152. The van der Waals surface area contributed by atoms with Gasteiger partial charge in [0.2, 0.25) is 5.91 Å². The fourth-order valence-electron chi connectivity index (χ4n) is 5.02. The maximum atomic E-state index is 13.1. The molecule has 0 aliphatic carbocycles. The Morgan fingerprint density at radius 2 is 1.87 bits per heavy atom. The van der Waals surface area contributed by atoms with Crippen LogP contribution in [0.1, 0.15) is 24.9 Å². The van der Waals surface area contributed by atoms with Gasteiger partial charge < -0.3 is 4.74 Å². The molecule has 0 saturated carbocycles. The van der Waals surface area contributed by atoms with E-state index in [0.29, 0.717) is 10.9 Å². The summed E-state index contributed by atoms with van der Waals surface area (Å²) in [5.74, 6) is -0.562. The minimum atomic E-state index is -1.05. The van der Waals surface area contributed by atoms with Crippen LogP contribution in [-0.2, 0) is 19.9 Å². The molecule has 1 aromatic heterocycles. The summed E-state index contributed by atoms with van der Waals surface area (Å²) in [6, 6.07) is 13.3. The first-order valence-corrected chi connectivity index (χ1v) is 9.89. The third-order valence-electron chi connectivity index (χ3n) is 6.41. The van der Waals surface area contributed by atoms with Gasteiger partial charge in [-0.05, 0) is 25.1 Å². The molecule has 0 bridgehead atoms. The lowest BCUT2D eigenvalue weighted by Gasteiger charge is -2.30. The number of fused-ring (bicyclic) bond motifs is 6. The lowest BCUT2D eigenvalue weighted by Crippen LogP contribution is -2.49. The van der Waals surface area contributed by atoms with Gasteiger partial charge in [-0.2, -0.15) is 0 Å². The van der Waals surface area contributed by atoms with Crippen LogP contribution in [0.25, 0.3) is 10.9 Å². The van der Waals surface area contributed by atoms with Gasteiger partial charge >= 0.3 is 5.97 Å². The zero-order valence-corrected chi connectivity index (χ0v) is 16.1. The monoisotopic (exact) mass is 402 g/mol. The topological polar surface area (TPSA) is 93.5 Å². The first kappa shape index (κ1) is 17.3. The molecule has 30 heavy (non-hydrogen) atoms. The molecule has 4 heterocycles. The molecule has 1 spiro atoms. The molecule has 1 N–H and O–H groups in total. The summed E-state index contributed by atoms with van der Waals surface area (Å²) in [4.78, 5) is 44.9. The van der Waals surface area contributed by atoms with Crippen molar-refractivity contribution in [2.45, 2.75) is 37.2 Å². The number of aromatic nitrogens is 2. The number of para-hydroxylation sites is 2. The summed E-state index contributed by atoms with van der Waals surface area (Å²) in [5.41, 5.74) is 0.756. The number of carbonyl (C=O) groups is 2. The Kier molecular flexibility index (Phi) is 3.33. The van der Waals surface area contributed by atoms with E-state index in [1.165, 1.54) is 10.9 Å². The fourth-order valence-corrected chi connectivity index (χ4v) is 5.02. The SMILES string of the molecule is CC1NC2N(C1=O)c1ccccc1C21CC(n2cnc3ccccc3c2=O)C(=O)O1. The second kappa shape index (κ2) is 5.76. The minimum absolute atomic E-state index is 0.0617. The van der Waals surface area contributed by atoms with Crippen LogP contribution in [0.5, 0.6) is 0 Å². The van der Waals surface area contributed by atoms with Crippen LogP contribution >= 0.6 is 0 Å². The van der Waals surface area contributed by atoms with Crippen LogP contribution in [0, 0.1) is 0 Å². The number of anilines is 1. The van der Waals surface area contributed by atoms with Crippen molar-refractivity contribution in [1.82, 2.24) is 14.9 Å². The number of carbonyl (C=O) groups excluding carboxylic acids is 2. The molecular weight excluding hydrogens is 384 g/mol. The minimum Gasteiger partial charge on any atom is -0.449 e. The molecule has 3 aromatic rings. The Hall–Kier alpha value is -3.52. The van der Waals surface area contributed by atoms with E-state index in [1.54, 1.807) is 30.0 Å². The first-order chi connectivity index (χ1) is 14.5. The highest BCUT2D eigenvalue weighted by molar-refractivity contribution is 6.03. The van der Waals surface area contributed by atoms with Crippen molar-refractivity contribution in [2.75, 3.05) is 4.90 Å². The van der Waals surface area contributed by atoms with E-state index in [1.807, 2.05) is 30.3 Å². The molecule has 3 aliphatic heterocycles. The Balaban J connectivity index is 1.49. The zero-order chi connectivity index (χ0) is 20.6. The van der Waals surface area contributed by atoms with E-state index < -0.39 is 23.8 Å². The van der Waals surface area contributed by atoms with Gasteiger partial charge in [0.25, 0.3) is 5.56 Å². The zero-order valence-electron chi connectivity index (χ0n) is 16.1. The van der Waals surface area contributed by atoms with Gasteiger partial charge in [0.05, 0.1) is 29.0 Å². The molecule has 0 radical (unpaired) electrons. The van der Waals surface area contributed by atoms with Gasteiger partial charge in [0, 0.05) is 12.0 Å². The van der Waals surface area contributed by atoms with Crippen molar-refractivity contribution in [3.05, 3.63) is 70.8 Å². The molecule has 2 saturated heterocycles. The maximum absolute atomic E-state index is 13.1. The first-order valence-electron chi connectivity index (χ1n) is 9.89. The van der Waals surface area contributed by atoms with Crippen molar-refractivity contribution >= 4 is 28.5 Å². The molecule has 150 valence electrons. The highest BCUT2D eigenvalue weighted by Crippen LogP contribution is 2.54. The summed E-state index contributed by atoms with van der Waals surface area (Å²) in [7, 11) is 0. The van der Waals surface area contributed by atoms with E-state index in [9.17, 15) is 14.4 Å². The number of nitrogens with zero attached hydrogens (tertiary/aromatic N) is 3. The summed E-state index contributed by atoms with van der Waals surface area (Å²) in [6.07, 6.45) is 1.14. The molecule has 4 atom stereocenters. The molecule has 8 heteroatoms. The number of rotatable bonds is 1. The summed E-state index contributed by atoms with van der Waals surface area (Å²) in [6.45, 7) is 1.79. The molecule has 8 nitrogen and oxygen atoms in total. The molecule has 3 aliphatic rings. The highest BCUT2D eigenvalue weighted by atomic mass is 16.6. The van der Waals surface area contributed by atoms with Crippen molar-refractivity contribution in [3.63, 3.8) is 0 Å². The third kappa shape index (κ3) is 2.03. The smallest absolute Gasteiger partial charge is 0.330 e. The summed E-state index contributed by atoms with van der Waals surface area (Å²) in [5, 5.41) is 3.73. The quantitative estimate of drug-likeness (QED) is 0.619. The predicted molar refractivity (Wildman–Crippen MR) is 108 cm³/mol. The normalized spacial score (nSPS) is 29.5. The van der Waals surface area contributed by atoms with Crippen LogP contribution in [0.2, 0.25) is 0 Å². The second-order valence-corrected chi connectivity index (χ2v) is 8.02. The van der Waals surface area contributed by atoms with Gasteiger partial charge in [-0.1, -0.05) is 30.3 Å². The molecular formula is C22H18N4O4. The van der Waals surface area contributed by atoms with E-state index in [-0.39, 0.29) is 23.9 Å². The van der Waals surface area contributed by atoms with Gasteiger partial charge in [0.15, 0.2) is 5.60 Å². The average molecular weight is 402 g/mol. The number of esters is 1. The largest absolute Gasteiger partial charge is 0.449 e. The van der Waals surface area contributed by atoms with Crippen molar-refractivity contribution in [1.29, 1.82) is 0 Å². The van der Waals surface area contributed by atoms with Crippen LogP contribution < -0.4 is 15.8 Å².